The molecule has 2 aromatic rings. The molecular formula is C18H24N6O3. The summed E-state index contributed by atoms with van der Waals surface area (Å²) in [7, 11) is 3.71. The van der Waals surface area contributed by atoms with Crippen molar-refractivity contribution in [1.82, 2.24) is 24.6 Å². The zero-order valence-electron chi connectivity index (χ0n) is 15.8. The van der Waals surface area contributed by atoms with Crippen LogP contribution in [0.5, 0.6) is 0 Å². The highest BCUT2D eigenvalue weighted by atomic mass is 16.4. The topological polar surface area (TPSA) is 104 Å². The fourth-order valence-corrected chi connectivity index (χ4v) is 3.40. The highest BCUT2D eigenvalue weighted by Gasteiger charge is 2.29. The van der Waals surface area contributed by atoms with Gasteiger partial charge < -0.3 is 14.9 Å². The van der Waals surface area contributed by atoms with E-state index in [2.05, 4.69) is 15.1 Å². The summed E-state index contributed by atoms with van der Waals surface area (Å²) in [6.45, 7) is 2.83. The first kappa shape index (κ1) is 18.8. The summed E-state index contributed by atoms with van der Waals surface area (Å²) in [5.74, 6) is -0.394. The molecule has 0 unspecified atom stereocenters. The standard InChI is InChI=1S/C18H24N6O3/c1-12-14(9-19-18(21-12)22(2)3)17(27)23-8-4-5-13(10-23)15-6-7-20-24(15)11-16(25)26/h6-7,9,13H,4-5,8,10-11H2,1-3H3,(H,25,26)/t13-/m1/s1. The van der Waals surface area contributed by atoms with E-state index in [0.717, 1.165) is 18.5 Å². The SMILES string of the molecule is Cc1nc(N(C)C)ncc1C(=O)N1CCC[C@@H](c2ccnn2CC(=O)O)C1. The Morgan fingerprint density at radius 1 is 1.37 bits per heavy atom. The maximum absolute atomic E-state index is 13.0. The van der Waals surface area contributed by atoms with Crippen LogP contribution in [0.4, 0.5) is 5.95 Å². The van der Waals surface area contributed by atoms with Crippen LogP contribution in [0.2, 0.25) is 0 Å². The highest BCUT2D eigenvalue weighted by molar-refractivity contribution is 5.95. The number of amides is 1. The lowest BCUT2D eigenvalue weighted by atomic mass is 9.94. The molecule has 1 saturated heterocycles. The molecule has 1 amide bonds. The van der Waals surface area contributed by atoms with Gasteiger partial charge in [-0.25, -0.2) is 9.97 Å². The number of hydrogen-bond donors (Lipinski definition) is 1. The van der Waals surface area contributed by atoms with Gasteiger partial charge in [0.15, 0.2) is 0 Å². The van der Waals surface area contributed by atoms with Gasteiger partial charge in [-0.05, 0) is 25.8 Å². The summed E-state index contributed by atoms with van der Waals surface area (Å²) >= 11 is 0. The minimum atomic E-state index is -0.933. The van der Waals surface area contributed by atoms with Crippen LogP contribution in [0.1, 0.15) is 40.5 Å². The van der Waals surface area contributed by atoms with Crippen molar-refractivity contribution >= 4 is 17.8 Å². The van der Waals surface area contributed by atoms with Gasteiger partial charge in [0.2, 0.25) is 5.95 Å². The van der Waals surface area contributed by atoms with Crippen LogP contribution in [0.25, 0.3) is 0 Å². The first-order chi connectivity index (χ1) is 12.9. The summed E-state index contributed by atoms with van der Waals surface area (Å²) in [5, 5.41) is 13.2. The molecule has 2 aromatic heterocycles. The minimum Gasteiger partial charge on any atom is -0.480 e. The first-order valence-electron chi connectivity index (χ1n) is 8.90. The van der Waals surface area contributed by atoms with Gasteiger partial charge in [0.25, 0.3) is 5.91 Å². The van der Waals surface area contributed by atoms with Crippen LogP contribution < -0.4 is 4.90 Å². The quantitative estimate of drug-likeness (QED) is 0.839. The number of hydrogen-bond acceptors (Lipinski definition) is 6. The Bertz CT molecular complexity index is 847. The van der Waals surface area contributed by atoms with E-state index in [1.807, 2.05) is 27.1 Å². The molecule has 1 N–H and O–H groups in total. The molecule has 3 heterocycles. The predicted octanol–water partition coefficient (Wildman–Crippen LogP) is 1.15. The van der Waals surface area contributed by atoms with E-state index in [0.29, 0.717) is 30.3 Å². The molecule has 1 atom stereocenters. The summed E-state index contributed by atoms with van der Waals surface area (Å²) < 4.78 is 1.50. The largest absolute Gasteiger partial charge is 0.480 e. The molecule has 0 aliphatic carbocycles. The molecule has 0 saturated carbocycles. The Labute approximate surface area is 157 Å². The number of nitrogens with zero attached hydrogens (tertiary/aromatic N) is 6. The molecule has 1 aliphatic rings. The van der Waals surface area contributed by atoms with E-state index in [1.165, 1.54) is 4.68 Å². The zero-order chi connectivity index (χ0) is 19.6. The van der Waals surface area contributed by atoms with Gasteiger partial charge in [-0.1, -0.05) is 0 Å². The molecule has 0 bridgehead atoms. The van der Waals surface area contributed by atoms with Gasteiger partial charge >= 0.3 is 5.97 Å². The number of piperidine rings is 1. The molecule has 0 aromatic carbocycles. The van der Waals surface area contributed by atoms with Crippen molar-refractivity contribution in [2.45, 2.75) is 32.2 Å². The summed E-state index contributed by atoms with van der Waals surface area (Å²) in [6, 6.07) is 1.84. The van der Waals surface area contributed by atoms with Gasteiger partial charge in [-0.3, -0.25) is 14.3 Å². The number of carboxylic acids is 1. The van der Waals surface area contributed by atoms with Gasteiger partial charge in [0.1, 0.15) is 6.54 Å². The average Bonchev–Trinajstić information content (AvgIpc) is 3.08. The van der Waals surface area contributed by atoms with Gasteiger partial charge in [-0.15, -0.1) is 0 Å². The molecule has 27 heavy (non-hydrogen) atoms. The lowest BCUT2D eigenvalue weighted by molar-refractivity contribution is -0.137. The first-order valence-corrected chi connectivity index (χ1v) is 8.90. The molecule has 144 valence electrons. The van der Waals surface area contributed by atoms with Crippen LogP contribution in [0, 0.1) is 6.92 Å². The Morgan fingerprint density at radius 2 is 2.15 bits per heavy atom. The number of rotatable bonds is 5. The van der Waals surface area contributed by atoms with Crippen LogP contribution >= 0.6 is 0 Å². The number of aryl methyl sites for hydroxylation is 1. The Kier molecular flexibility index (Phi) is 5.38. The van der Waals surface area contributed by atoms with Gasteiger partial charge in [0, 0.05) is 51.2 Å². The third kappa shape index (κ3) is 4.07. The van der Waals surface area contributed by atoms with E-state index in [1.54, 1.807) is 22.2 Å². The fourth-order valence-electron chi connectivity index (χ4n) is 3.40. The van der Waals surface area contributed by atoms with Crippen LogP contribution in [0.3, 0.4) is 0 Å². The molecular weight excluding hydrogens is 348 g/mol. The van der Waals surface area contributed by atoms with Crippen molar-refractivity contribution in [2.24, 2.45) is 0 Å². The fraction of sp³-hybridized carbons (Fsp3) is 0.500. The van der Waals surface area contributed by atoms with Gasteiger partial charge in [0.05, 0.1) is 11.3 Å². The van der Waals surface area contributed by atoms with E-state index < -0.39 is 5.97 Å². The minimum absolute atomic E-state index is 0.0619. The number of carboxylic acid groups (broad SMARTS) is 1. The van der Waals surface area contributed by atoms with Crippen molar-refractivity contribution < 1.29 is 14.7 Å². The number of carbonyl (C=O) groups is 2. The molecule has 3 rings (SSSR count). The normalized spacial score (nSPS) is 17.0. The molecule has 9 nitrogen and oxygen atoms in total. The second kappa shape index (κ2) is 7.73. The lowest BCUT2D eigenvalue weighted by Crippen LogP contribution is -2.40. The van der Waals surface area contributed by atoms with E-state index in [4.69, 9.17) is 5.11 Å². The number of likely N-dealkylation sites (tertiary alicyclic amines) is 1. The third-order valence-electron chi connectivity index (χ3n) is 4.76. The molecule has 0 spiro atoms. The number of carbonyl (C=O) groups excluding carboxylic acids is 1. The van der Waals surface area contributed by atoms with Crippen molar-refractivity contribution in [3.05, 3.63) is 35.4 Å². The maximum atomic E-state index is 13.0. The summed E-state index contributed by atoms with van der Waals surface area (Å²) in [4.78, 5) is 36.3. The van der Waals surface area contributed by atoms with Gasteiger partial charge in [-0.2, -0.15) is 5.10 Å². The molecule has 1 fully saturated rings. The molecule has 1 aliphatic heterocycles. The van der Waals surface area contributed by atoms with E-state index in [-0.39, 0.29) is 18.4 Å². The highest BCUT2D eigenvalue weighted by Crippen LogP contribution is 2.28. The maximum Gasteiger partial charge on any atom is 0.325 e. The number of aliphatic carboxylic acids is 1. The van der Waals surface area contributed by atoms with Crippen LogP contribution in [-0.4, -0.2) is 68.8 Å². The predicted molar refractivity (Wildman–Crippen MR) is 98.8 cm³/mol. The zero-order valence-corrected chi connectivity index (χ0v) is 15.8. The average molecular weight is 372 g/mol. The summed E-state index contributed by atoms with van der Waals surface area (Å²) in [5.41, 5.74) is 2.00. The van der Waals surface area contributed by atoms with Crippen molar-refractivity contribution in [3.63, 3.8) is 0 Å². The van der Waals surface area contributed by atoms with E-state index in [9.17, 15) is 9.59 Å². The second-order valence-corrected chi connectivity index (χ2v) is 6.96. The Balaban J connectivity index is 1.77. The Morgan fingerprint density at radius 3 is 2.81 bits per heavy atom. The smallest absolute Gasteiger partial charge is 0.325 e. The lowest BCUT2D eigenvalue weighted by Gasteiger charge is -2.33. The second-order valence-electron chi connectivity index (χ2n) is 6.96. The molecule has 0 radical (unpaired) electrons. The van der Waals surface area contributed by atoms with E-state index >= 15 is 0 Å². The number of aromatic nitrogens is 4. The van der Waals surface area contributed by atoms with Crippen molar-refractivity contribution in [2.75, 3.05) is 32.1 Å². The number of anilines is 1. The third-order valence-corrected chi connectivity index (χ3v) is 4.76. The summed E-state index contributed by atoms with van der Waals surface area (Å²) in [6.07, 6.45) is 4.93. The Hall–Kier alpha value is -2.97. The van der Waals surface area contributed by atoms with Crippen LogP contribution in [-0.2, 0) is 11.3 Å². The monoisotopic (exact) mass is 372 g/mol. The van der Waals surface area contributed by atoms with Crippen molar-refractivity contribution in [1.29, 1.82) is 0 Å². The molecule has 9 heteroatoms. The van der Waals surface area contributed by atoms with Crippen molar-refractivity contribution in [3.8, 4) is 0 Å². The van der Waals surface area contributed by atoms with Crippen LogP contribution in [0.15, 0.2) is 18.5 Å².